The van der Waals surface area contributed by atoms with E-state index in [9.17, 15) is 24.5 Å². The number of nitrogens with one attached hydrogen (secondary N) is 1. The van der Waals surface area contributed by atoms with Crippen molar-refractivity contribution in [2.45, 2.75) is 38.8 Å². The first-order valence-corrected chi connectivity index (χ1v) is 12.1. The molecule has 2 aromatic carbocycles. The van der Waals surface area contributed by atoms with Crippen LogP contribution in [-0.2, 0) is 17.9 Å². The van der Waals surface area contributed by atoms with Gasteiger partial charge in [-0.1, -0.05) is 36.8 Å². The minimum Gasteiger partial charge on any atom is -0.326 e. The Morgan fingerprint density at radius 3 is 2.40 bits per heavy atom. The van der Waals surface area contributed by atoms with Crippen molar-refractivity contribution in [3.05, 3.63) is 103 Å². The minimum absolute atomic E-state index is 0.0239. The number of carbonyl (C=O) groups excluding carboxylic acids is 1. The van der Waals surface area contributed by atoms with Gasteiger partial charge >= 0.3 is 5.69 Å². The number of rotatable bonds is 10. The lowest BCUT2D eigenvalue weighted by Crippen LogP contribution is -2.39. The second-order valence-corrected chi connectivity index (χ2v) is 9.03. The van der Waals surface area contributed by atoms with Crippen molar-refractivity contribution >= 4 is 38.8 Å². The zero-order valence-electron chi connectivity index (χ0n) is 18.9. The van der Waals surface area contributed by atoms with Crippen LogP contribution >= 0.6 is 11.3 Å². The van der Waals surface area contributed by atoms with Crippen molar-refractivity contribution in [1.82, 2.24) is 9.13 Å². The summed E-state index contributed by atoms with van der Waals surface area (Å²) in [6, 6.07) is 17.0. The van der Waals surface area contributed by atoms with Gasteiger partial charge in [-0.25, -0.2) is 4.79 Å². The molecule has 10 heteroatoms. The average Bonchev–Trinajstić information content (AvgIpc) is 3.34. The van der Waals surface area contributed by atoms with Gasteiger partial charge < -0.3 is 5.32 Å². The van der Waals surface area contributed by atoms with E-state index in [4.69, 9.17) is 0 Å². The van der Waals surface area contributed by atoms with E-state index in [2.05, 4.69) is 5.32 Å². The Hall–Kier alpha value is -4.05. The molecule has 0 aliphatic heterocycles. The van der Waals surface area contributed by atoms with E-state index in [1.165, 1.54) is 32.6 Å². The second-order valence-electron chi connectivity index (χ2n) is 8.11. The van der Waals surface area contributed by atoms with Gasteiger partial charge in [-0.2, -0.15) is 0 Å². The van der Waals surface area contributed by atoms with Crippen molar-refractivity contribution in [3.8, 4) is 0 Å². The van der Waals surface area contributed by atoms with Crippen molar-refractivity contribution in [1.29, 1.82) is 0 Å². The molecule has 0 aliphatic rings. The maximum Gasteiger partial charge on any atom is 0.331 e. The third kappa shape index (κ3) is 5.72. The molecule has 0 unspecified atom stereocenters. The summed E-state index contributed by atoms with van der Waals surface area (Å²) in [6.07, 6.45) is 2.28. The molecule has 4 rings (SSSR count). The molecule has 4 aromatic rings. The number of hydrogen-bond acceptors (Lipinski definition) is 6. The number of nitrogens with zero attached hydrogens (tertiary/aromatic N) is 3. The lowest BCUT2D eigenvalue weighted by molar-refractivity contribution is -0.384. The first-order valence-electron chi connectivity index (χ1n) is 11.2. The molecule has 1 N–H and O–H groups in total. The summed E-state index contributed by atoms with van der Waals surface area (Å²) in [5.74, 6) is -0.0705. The normalized spacial score (nSPS) is 11.0. The topological polar surface area (TPSA) is 116 Å². The van der Waals surface area contributed by atoms with Gasteiger partial charge in [-0.05, 0) is 42.0 Å². The number of anilines is 1. The molecule has 0 atom stereocenters. The van der Waals surface area contributed by atoms with Gasteiger partial charge in [-0.3, -0.25) is 28.8 Å². The molecule has 0 saturated heterocycles. The fourth-order valence-corrected chi connectivity index (χ4v) is 4.71. The molecule has 0 radical (unpaired) electrons. The van der Waals surface area contributed by atoms with Crippen molar-refractivity contribution in [2.24, 2.45) is 0 Å². The summed E-state index contributed by atoms with van der Waals surface area (Å²) in [7, 11) is 0. The fraction of sp³-hybridized carbons (Fsp3) is 0.240. The summed E-state index contributed by atoms with van der Waals surface area (Å²) < 4.78 is 3.27. The van der Waals surface area contributed by atoms with Crippen LogP contribution in [0.2, 0.25) is 0 Å². The molecule has 0 aliphatic carbocycles. The molecular weight excluding hydrogens is 468 g/mol. The number of benzene rings is 2. The van der Waals surface area contributed by atoms with Crippen molar-refractivity contribution < 1.29 is 9.72 Å². The lowest BCUT2D eigenvalue weighted by Gasteiger charge is -2.12. The van der Waals surface area contributed by atoms with Crippen LogP contribution in [0.5, 0.6) is 0 Å². The molecule has 9 nitrogen and oxygen atoms in total. The number of unbranched alkanes of at least 4 members (excludes halogenated alkanes) is 2. The van der Waals surface area contributed by atoms with Crippen LogP contribution in [0.3, 0.4) is 0 Å². The zero-order chi connectivity index (χ0) is 24.8. The maximum atomic E-state index is 13.2. The predicted octanol–water partition coefficient (Wildman–Crippen LogP) is 4.38. The van der Waals surface area contributed by atoms with Gasteiger partial charge in [0.1, 0.15) is 4.70 Å². The quantitative estimate of drug-likeness (QED) is 0.200. The predicted molar refractivity (Wildman–Crippen MR) is 136 cm³/mol. The van der Waals surface area contributed by atoms with Crippen LogP contribution < -0.4 is 16.6 Å². The number of nitro benzene ring substituents is 1. The molecule has 35 heavy (non-hydrogen) atoms. The van der Waals surface area contributed by atoms with E-state index in [0.717, 1.165) is 11.3 Å². The summed E-state index contributed by atoms with van der Waals surface area (Å²) in [4.78, 5) is 48.7. The monoisotopic (exact) mass is 492 g/mol. The van der Waals surface area contributed by atoms with Crippen molar-refractivity contribution in [2.75, 3.05) is 5.32 Å². The highest BCUT2D eigenvalue weighted by Gasteiger charge is 2.15. The molecule has 0 bridgehead atoms. The van der Waals surface area contributed by atoms with Gasteiger partial charge in [0.2, 0.25) is 5.91 Å². The molecule has 2 heterocycles. The number of thiophene rings is 1. The highest BCUT2D eigenvalue weighted by atomic mass is 32.1. The Morgan fingerprint density at radius 1 is 0.943 bits per heavy atom. The van der Waals surface area contributed by atoms with Gasteiger partial charge in [0.05, 0.1) is 17.0 Å². The Bertz CT molecular complexity index is 1460. The lowest BCUT2D eigenvalue weighted by atomic mass is 10.2. The third-order valence-corrected chi connectivity index (χ3v) is 6.56. The number of non-ortho nitro benzene ring substituents is 1. The van der Waals surface area contributed by atoms with Crippen molar-refractivity contribution in [3.63, 3.8) is 0 Å². The number of aromatic nitrogens is 2. The standard InChI is InChI=1S/C25H24N4O5S/c30-22(26-19-7-3-1-4-8-19)9-5-2-6-15-27-24(31)23-21(14-16-35-23)28(25(27)32)17-18-10-12-20(13-11-18)29(33)34/h1,3-4,7-8,10-14,16H,2,5-6,9,15,17H2,(H,26,30). The number of fused-ring (bicyclic) bond motifs is 1. The molecule has 0 saturated carbocycles. The zero-order valence-corrected chi connectivity index (χ0v) is 19.7. The number of amides is 1. The van der Waals surface area contributed by atoms with Crippen LogP contribution in [-0.4, -0.2) is 20.0 Å². The van der Waals surface area contributed by atoms with Gasteiger partial charge in [0, 0.05) is 30.8 Å². The van der Waals surface area contributed by atoms with Crippen LogP contribution in [0.25, 0.3) is 10.2 Å². The number of carbonyl (C=O) groups is 1. The van der Waals surface area contributed by atoms with Gasteiger partial charge in [0.25, 0.3) is 11.2 Å². The summed E-state index contributed by atoms with van der Waals surface area (Å²) in [5, 5.41) is 15.5. The van der Waals surface area contributed by atoms with E-state index in [0.29, 0.717) is 35.9 Å². The first-order chi connectivity index (χ1) is 16.9. The number of para-hydroxylation sites is 1. The van der Waals surface area contributed by atoms with E-state index < -0.39 is 10.6 Å². The van der Waals surface area contributed by atoms with E-state index in [1.807, 2.05) is 30.3 Å². The molecule has 0 spiro atoms. The van der Waals surface area contributed by atoms with Gasteiger partial charge in [-0.15, -0.1) is 11.3 Å². The van der Waals surface area contributed by atoms with Crippen LogP contribution in [0, 0.1) is 10.1 Å². The minimum atomic E-state index is -0.474. The smallest absolute Gasteiger partial charge is 0.326 e. The van der Waals surface area contributed by atoms with Crippen LogP contribution in [0.1, 0.15) is 31.2 Å². The molecule has 180 valence electrons. The Labute approximate surface area is 204 Å². The molecule has 2 aromatic heterocycles. The molecule has 1 amide bonds. The highest BCUT2D eigenvalue weighted by Crippen LogP contribution is 2.18. The van der Waals surface area contributed by atoms with Crippen LogP contribution in [0.15, 0.2) is 75.6 Å². The van der Waals surface area contributed by atoms with E-state index in [-0.39, 0.29) is 30.2 Å². The number of nitro groups is 1. The third-order valence-electron chi connectivity index (χ3n) is 5.67. The van der Waals surface area contributed by atoms with Crippen LogP contribution in [0.4, 0.5) is 11.4 Å². The summed E-state index contributed by atoms with van der Waals surface area (Å²) >= 11 is 1.28. The van der Waals surface area contributed by atoms with E-state index >= 15 is 0 Å². The van der Waals surface area contributed by atoms with E-state index in [1.54, 1.807) is 23.6 Å². The average molecular weight is 493 g/mol. The largest absolute Gasteiger partial charge is 0.331 e. The number of hydrogen-bond donors (Lipinski definition) is 1. The highest BCUT2D eigenvalue weighted by molar-refractivity contribution is 7.17. The maximum absolute atomic E-state index is 13.2. The summed E-state index contributed by atoms with van der Waals surface area (Å²) in [6.45, 7) is 0.454. The Balaban J connectivity index is 1.42. The fourth-order valence-electron chi connectivity index (χ4n) is 3.87. The van der Waals surface area contributed by atoms with Gasteiger partial charge in [0.15, 0.2) is 0 Å². The second kappa shape index (κ2) is 10.9. The molecule has 0 fully saturated rings. The first kappa shape index (κ1) is 24.1. The Kier molecular flexibility index (Phi) is 7.51. The summed E-state index contributed by atoms with van der Waals surface area (Å²) in [5.41, 5.74) is 1.27. The molecular formula is C25H24N4O5S. The Morgan fingerprint density at radius 2 is 1.69 bits per heavy atom. The SMILES string of the molecule is O=C(CCCCCn1c(=O)c2sccc2n(Cc2ccc([N+](=O)[O-])cc2)c1=O)Nc1ccccc1.